The summed E-state index contributed by atoms with van der Waals surface area (Å²) in [6, 6.07) is 8.97. The average Bonchev–Trinajstić information content (AvgIpc) is 2.37. The first kappa shape index (κ1) is 15.6. The summed E-state index contributed by atoms with van der Waals surface area (Å²) in [5, 5.41) is 9.45. The van der Waals surface area contributed by atoms with Gasteiger partial charge in [0.25, 0.3) is 0 Å². The minimum Gasteiger partial charge on any atom is -0.480 e. The van der Waals surface area contributed by atoms with E-state index in [1.807, 2.05) is 32.1 Å². The van der Waals surface area contributed by atoms with E-state index in [2.05, 4.69) is 4.90 Å². The van der Waals surface area contributed by atoms with Crippen molar-refractivity contribution in [2.24, 2.45) is 5.73 Å². The van der Waals surface area contributed by atoms with E-state index in [9.17, 15) is 9.90 Å². The van der Waals surface area contributed by atoms with Crippen molar-refractivity contribution in [3.05, 3.63) is 35.9 Å². The monoisotopic (exact) mass is 265 g/mol. The Kier molecular flexibility index (Phi) is 5.47. The number of benzene rings is 1. The molecular weight excluding hydrogens is 242 g/mol. The molecule has 0 aliphatic carbocycles. The van der Waals surface area contributed by atoms with E-state index in [-0.39, 0.29) is 6.54 Å². The second-order valence-corrected chi connectivity index (χ2v) is 5.18. The van der Waals surface area contributed by atoms with Crippen molar-refractivity contribution in [2.45, 2.75) is 5.54 Å². The van der Waals surface area contributed by atoms with Crippen LogP contribution >= 0.6 is 0 Å². The van der Waals surface area contributed by atoms with Gasteiger partial charge in [0.05, 0.1) is 0 Å². The highest BCUT2D eigenvalue weighted by atomic mass is 16.4. The second kappa shape index (κ2) is 6.65. The number of nitrogens with two attached hydrogens (primary N) is 1. The van der Waals surface area contributed by atoms with Crippen LogP contribution in [0.5, 0.6) is 0 Å². The second-order valence-electron chi connectivity index (χ2n) is 5.18. The maximum absolute atomic E-state index is 11.5. The zero-order valence-electron chi connectivity index (χ0n) is 11.8. The minimum atomic E-state index is -1.37. The van der Waals surface area contributed by atoms with Crippen LogP contribution in [-0.4, -0.2) is 61.7 Å². The summed E-state index contributed by atoms with van der Waals surface area (Å²) >= 11 is 0. The Hall–Kier alpha value is -1.43. The number of rotatable bonds is 7. The van der Waals surface area contributed by atoms with Gasteiger partial charge in [0.1, 0.15) is 0 Å². The summed E-state index contributed by atoms with van der Waals surface area (Å²) in [6.07, 6.45) is 0. The van der Waals surface area contributed by atoms with E-state index in [1.54, 1.807) is 24.3 Å². The largest absolute Gasteiger partial charge is 0.480 e. The fourth-order valence-corrected chi connectivity index (χ4v) is 1.89. The van der Waals surface area contributed by atoms with Crippen LogP contribution in [0.4, 0.5) is 0 Å². The third-order valence-corrected chi connectivity index (χ3v) is 3.12. The molecule has 3 N–H and O–H groups in total. The minimum absolute atomic E-state index is 0.278. The molecule has 0 aromatic heterocycles. The molecule has 0 heterocycles. The van der Waals surface area contributed by atoms with Crippen LogP contribution in [0.15, 0.2) is 30.3 Å². The molecule has 1 aromatic rings. The Labute approximate surface area is 114 Å². The van der Waals surface area contributed by atoms with Crippen LogP contribution < -0.4 is 5.73 Å². The van der Waals surface area contributed by atoms with Crippen LogP contribution in [0, 0.1) is 0 Å². The van der Waals surface area contributed by atoms with Gasteiger partial charge in [-0.05, 0) is 26.7 Å². The number of carboxylic acids is 1. The molecule has 0 spiro atoms. The van der Waals surface area contributed by atoms with Gasteiger partial charge in [-0.2, -0.15) is 0 Å². The van der Waals surface area contributed by atoms with Crippen molar-refractivity contribution in [1.29, 1.82) is 0 Å². The lowest BCUT2D eigenvalue weighted by Crippen LogP contribution is -2.53. The van der Waals surface area contributed by atoms with Crippen molar-refractivity contribution in [2.75, 3.05) is 40.8 Å². The summed E-state index contributed by atoms with van der Waals surface area (Å²) in [5.74, 6) is -1.00. The number of nitrogens with zero attached hydrogens (tertiary/aromatic N) is 2. The normalized spacial score (nSPS) is 14.6. The van der Waals surface area contributed by atoms with E-state index >= 15 is 0 Å². The van der Waals surface area contributed by atoms with Crippen LogP contribution in [0.2, 0.25) is 0 Å². The predicted octanol–water partition coefficient (Wildman–Crippen LogP) is 0.419. The van der Waals surface area contributed by atoms with Crippen LogP contribution in [-0.2, 0) is 10.3 Å². The lowest BCUT2D eigenvalue weighted by molar-refractivity contribution is -0.144. The van der Waals surface area contributed by atoms with Gasteiger partial charge >= 0.3 is 5.97 Å². The standard InChI is InChI=1S/C14H23N3O2/c1-16(2)9-10-17(3)11-14(15,13(18)19)12-7-5-4-6-8-12/h4-8H,9-11,15H2,1-3H3,(H,18,19). The molecule has 0 bridgehead atoms. The number of aliphatic carboxylic acids is 1. The van der Waals surface area contributed by atoms with Gasteiger partial charge in [0.2, 0.25) is 0 Å². The summed E-state index contributed by atoms with van der Waals surface area (Å²) in [7, 11) is 5.85. The lowest BCUT2D eigenvalue weighted by atomic mass is 9.90. The van der Waals surface area contributed by atoms with Crippen LogP contribution in [0.1, 0.15) is 5.56 Å². The lowest BCUT2D eigenvalue weighted by Gasteiger charge is -2.31. The van der Waals surface area contributed by atoms with Gasteiger partial charge < -0.3 is 20.6 Å². The third-order valence-electron chi connectivity index (χ3n) is 3.12. The summed E-state index contributed by atoms with van der Waals surface area (Å²) in [5.41, 5.74) is 5.37. The number of carboxylic acid groups (broad SMARTS) is 1. The smallest absolute Gasteiger partial charge is 0.329 e. The summed E-state index contributed by atoms with van der Waals surface area (Å²) in [6.45, 7) is 1.91. The molecular formula is C14H23N3O2. The fourth-order valence-electron chi connectivity index (χ4n) is 1.89. The van der Waals surface area contributed by atoms with Gasteiger partial charge in [-0.3, -0.25) is 0 Å². The molecule has 1 atom stereocenters. The van der Waals surface area contributed by atoms with Gasteiger partial charge in [-0.15, -0.1) is 0 Å². The highest BCUT2D eigenvalue weighted by molar-refractivity contribution is 5.80. The molecule has 0 saturated carbocycles. The summed E-state index contributed by atoms with van der Waals surface area (Å²) < 4.78 is 0. The zero-order valence-corrected chi connectivity index (χ0v) is 11.8. The van der Waals surface area contributed by atoms with E-state index in [4.69, 9.17) is 5.73 Å². The first-order valence-electron chi connectivity index (χ1n) is 6.27. The number of carbonyl (C=O) groups is 1. The molecule has 106 valence electrons. The predicted molar refractivity (Wildman–Crippen MR) is 76.0 cm³/mol. The Morgan fingerprint density at radius 2 is 1.79 bits per heavy atom. The Bertz CT molecular complexity index is 408. The Morgan fingerprint density at radius 1 is 1.21 bits per heavy atom. The molecule has 5 heteroatoms. The van der Waals surface area contributed by atoms with Gasteiger partial charge in [0.15, 0.2) is 5.54 Å². The van der Waals surface area contributed by atoms with Crippen molar-refractivity contribution < 1.29 is 9.90 Å². The third kappa shape index (κ3) is 4.31. The van der Waals surface area contributed by atoms with Crippen LogP contribution in [0.25, 0.3) is 0 Å². The number of hydrogen-bond donors (Lipinski definition) is 2. The van der Waals surface area contributed by atoms with E-state index < -0.39 is 11.5 Å². The molecule has 0 fully saturated rings. The average molecular weight is 265 g/mol. The van der Waals surface area contributed by atoms with Crippen molar-refractivity contribution in [3.8, 4) is 0 Å². The van der Waals surface area contributed by atoms with E-state index in [0.29, 0.717) is 5.56 Å². The van der Waals surface area contributed by atoms with Crippen molar-refractivity contribution in [1.82, 2.24) is 9.80 Å². The number of likely N-dealkylation sites (N-methyl/N-ethyl adjacent to an activating group) is 2. The Balaban J connectivity index is 2.81. The molecule has 0 saturated heterocycles. The molecule has 19 heavy (non-hydrogen) atoms. The van der Waals surface area contributed by atoms with Gasteiger partial charge in [-0.1, -0.05) is 30.3 Å². The van der Waals surface area contributed by atoms with Crippen molar-refractivity contribution >= 4 is 5.97 Å². The molecule has 0 amide bonds. The molecule has 1 aromatic carbocycles. The van der Waals surface area contributed by atoms with Gasteiger partial charge in [-0.25, -0.2) is 4.79 Å². The first-order chi connectivity index (χ1) is 8.86. The SMILES string of the molecule is CN(C)CCN(C)CC(N)(C(=O)O)c1ccccc1. The quantitative estimate of drug-likeness (QED) is 0.747. The van der Waals surface area contributed by atoms with E-state index in [0.717, 1.165) is 13.1 Å². The maximum atomic E-state index is 11.5. The molecule has 5 nitrogen and oxygen atoms in total. The van der Waals surface area contributed by atoms with E-state index in [1.165, 1.54) is 0 Å². The van der Waals surface area contributed by atoms with Crippen molar-refractivity contribution in [3.63, 3.8) is 0 Å². The molecule has 1 unspecified atom stereocenters. The molecule has 0 aliphatic heterocycles. The highest BCUT2D eigenvalue weighted by Crippen LogP contribution is 2.19. The fraction of sp³-hybridized carbons (Fsp3) is 0.500. The molecule has 1 rings (SSSR count). The Morgan fingerprint density at radius 3 is 2.26 bits per heavy atom. The van der Waals surface area contributed by atoms with Gasteiger partial charge in [0, 0.05) is 19.6 Å². The molecule has 0 aliphatic rings. The molecule has 0 radical (unpaired) electrons. The topological polar surface area (TPSA) is 69.8 Å². The highest BCUT2D eigenvalue weighted by Gasteiger charge is 2.36. The maximum Gasteiger partial charge on any atom is 0.329 e. The number of hydrogen-bond acceptors (Lipinski definition) is 4. The summed E-state index contributed by atoms with van der Waals surface area (Å²) in [4.78, 5) is 15.5. The first-order valence-corrected chi connectivity index (χ1v) is 6.27. The zero-order chi connectivity index (χ0) is 14.5. The van der Waals surface area contributed by atoms with Crippen LogP contribution in [0.3, 0.4) is 0 Å².